The molecule has 0 bridgehead atoms. The second kappa shape index (κ2) is 17.0. The van der Waals surface area contributed by atoms with Crippen LogP contribution in [0.5, 0.6) is 0 Å². The van der Waals surface area contributed by atoms with E-state index < -0.39 is 65.6 Å². The summed E-state index contributed by atoms with van der Waals surface area (Å²) in [5.74, 6) is -1.97. The van der Waals surface area contributed by atoms with Crippen LogP contribution in [0.4, 0.5) is 9.59 Å². The van der Waals surface area contributed by atoms with Crippen molar-refractivity contribution < 1.29 is 47.7 Å². The van der Waals surface area contributed by atoms with E-state index >= 15 is 0 Å². The number of rotatable bonds is 10. The van der Waals surface area contributed by atoms with Crippen molar-refractivity contribution in [2.24, 2.45) is 10.4 Å². The molecule has 0 heterocycles. The number of hydrogen-bond acceptors (Lipinski definition) is 11. The van der Waals surface area contributed by atoms with Crippen LogP contribution in [-0.2, 0) is 38.1 Å². The summed E-state index contributed by atoms with van der Waals surface area (Å²) in [6.07, 6.45) is -1.38. The number of nitrogens with zero attached hydrogens (tertiary/aromatic N) is 1. The molecule has 44 heavy (non-hydrogen) atoms. The molecule has 0 radical (unpaired) electrons. The van der Waals surface area contributed by atoms with E-state index in [1.807, 2.05) is 13.8 Å². The van der Waals surface area contributed by atoms with Gasteiger partial charge in [-0.05, 0) is 67.4 Å². The van der Waals surface area contributed by atoms with Crippen molar-refractivity contribution in [2.75, 3.05) is 6.61 Å². The molecule has 0 aromatic rings. The van der Waals surface area contributed by atoms with E-state index in [0.717, 1.165) is 0 Å². The lowest BCUT2D eigenvalue weighted by molar-refractivity contribution is -0.174. The highest BCUT2D eigenvalue weighted by molar-refractivity contribution is 6.01. The van der Waals surface area contributed by atoms with Gasteiger partial charge in [0, 0.05) is 25.8 Å². The van der Waals surface area contributed by atoms with Crippen molar-refractivity contribution in [3.63, 3.8) is 0 Å². The molecule has 1 unspecified atom stereocenters. The van der Waals surface area contributed by atoms with Gasteiger partial charge in [0.15, 0.2) is 0 Å². The van der Waals surface area contributed by atoms with E-state index in [9.17, 15) is 24.0 Å². The maximum absolute atomic E-state index is 12.8. The Morgan fingerprint density at radius 1 is 0.955 bits per heavy atom. The summed E-state index contributed by atoms with van der Waals surface area (Å²) in [6, 6.07) is -1.73. The van der Waals surface area contributed by atoms with Crippen LogP contribution in [0.2, 0.25) is 0 Å². The molecular formula is C30H50N4O10. The fourth-order valence-corrected chi connectivity index (χ4v) is 3.97. The van der Waals surface area contributed by atoms with E-state index in [0.29, 0.717) is 12.8 Å². The maximum atomic E-state index is 12.8. The van der Waals surface area contributed by atoms with Crippen LogP contribution < -0.4 is 16.0 Å². The quantitative estimate of drug-likeness (QED) is 0.106. The van der Waals surface area contributed by atoms with Gasteiger partial charge in [-0.25, -0.2) is 19.4 Å². The number of alkyl carbamates (subject to hydrolysis) is 2. The van der Waals surface area contributed by atoms with Crippen molar-refractivity contribution in [2.45, 2.75) is 132 Å². The van der Waals surface area contributed by atoms with E-state index in [2.05, 4.69) is 20.9 Å². The van der Waals surface area contributed by atoms with Crippen molar-refractivity contribution in [3.8, 4) is 0 Å². The molecule has 0 spiro atoms. The van der Waals surface area contributed by atoms with Crippen LogP contribution in [0.3, 0.4) is 0 Å². The smallest absolute Gasteiger partial charge is 0.417 e. The maximum Gasteiger partial charge on any atom is 0.417 e. The van der Waals surface area contributed by atoms with Gasteiger partial charge in [0.1, 0.15) is 5.60 Å². The van der Waals surface area contributed by atoms with Gasteiger partial charge in [-0.3, -0.25) is 20.2 Å². The van der Waals surface area contributed by atoms with Crippen LogP contribution in [0.1, 0.15) is 95.4 Å². The Kier molecular flexibility index (Phi) is 14.8. The van der Waals surface area contributed by atoms with Crippen molar-refractivity contribution in [3.05, 3.63) is 11.6 Å². The van der Waals surface area contributed by atoms with Crippen molar-refractivity contribution in [1.29, 1.82) is 0 Å². The minimum atomic E-state index is -1.28. The summed E-state index contributed by atoms with van der Waals surface area (Å²) in [7, 11) is 0. The molecule has 1 aliphatic rings. The average Bonchev–Trinajstić information content (AvgIpc) is 2.86. The van der Waals surface area contributed by atoms with E-state index in [1.54, 1.807) is 54.5 Å². The SMILES string of the molecule is CCOC(=O)C1=C[C@@H](OC(CC)CC)[C@H](NC(C)=O)[C@@H](N=C(NC(=O)OC(C)OC(=O)C(C)(C)C)NC(=O)OC(C)(C)C)C1. The summed E-state index contributed by atoms with van der Waals surface area (Å²) in [4.78, 5) is 67.4. The summed E-state index contributed by atoms with van der Waals surface area (Å²) in [5.41, 5.74) is -1.47. The van der Waals surface area contributed by atoms with Crippen LogP contribution in [-0.4, -0.2) is 78.8 Å². The first kappa shape index (κ1) is 38.3. The van der Waals surface area contributed by atoms with Crippen LogP contribution >= 0.6 is 0 Å². The zero-order valence-electron chi connectivity index (χ0n) is 27.8. The number of esters is 2. The summed E-state index contributed by atoms with van der Waals surface area (Å²) in [6.45, 7) is 18.3. The zero-order valence-corrected chi connectivity index (χ0v) is 27.8. The first-order chi connectivity index (χ1) is 20.3. The normalized spacial score (nSPS) is 19.7. The zero-order chi connectivity index (χ0) is 33.8. The Morgan fingerprint density at radius 3 is 2.05 bits per heavy atom. The van der Waals surface area contributed by atoms with E-state index in [1.165, 1.54) is 13.8 Å². The Bertz CT molecular complexity index is 1090. The summed E-state index contributed by atoms with van der Waals surface area (Å²) in [5, 5.41) is 7.56. The highest BCUT2D eigenvalue weighted by atomic mass is 16.7. The lowest BCUT2D eigenvalue weighted by atomic mass is 9.88. The van der Waals surface area contributed by atoms with Crippen molar-refractivity contribution >= 4 is 36.0 Å². The first-order valence-corrected chi connectivity index (χ1v) is 14.9. The van der Waals surface area contributed by atoms with Crippen LogP contribution in [0.25, 0.3) is 0 Å². The van der Waals surface area contributed by atoms with Gasteiger partial charge in [-0.2, -0.15) is 0 Å². The number of aliphatic imine (C=N–C) groups is 1. The van der Waals surface area contributed by atoms with Gasteiger partial charge in [0.2, 0.25) is 18.2 Å². The van der Waals surface area contributed by atoms with Crippen molar-refractivity contribution in [1.82, 2.24) is 16.0 Å². The van der Waals surface area contributed by atoms with Crippen LogP contribution in [0, 0.1) is 5.41 Å². The second-order valence-electron chi connectivity index (χ2n) is 12.3. The lowest BCUT2D eigenvalue weighted by Crippen LogP contribution is -2.55. The third-order valence-electron chi connectivity index (χ3n) is 6.02. The number of nitrogens with one attached hydrogen (secondary N) is 3. The molecule has 3 N–H and O–H groups in total. The molecule has 0 saturated heterocycles. The minimum Gasteiger partial charge on any atom is -0.463 e. The predicted octanol–water partition coefficient (Wildman–Crippen LogP) is 3.87. The van der Waals surface area contributed by atoms with E-state index in [4.69, 9.17) is 23.7 Å². The number of carbonyl (C=O) groups is 5. The second-order valence-corrected chi connectivity index (χ2v) is 12.3. The third-order valence-corrected chi connectivity index (χ3v) is 6.02. The van der Waals surface area contributed by atoms with Gasteiger partial charge >= 0.3 is 24.1 Å². The molecule has 14 heteroatoms. The van der Waals surface area contributed by atoms with Crippen LogP contribution in [0.15, 0.2) is 16.6 Å². The van der Waals surface area contributed by atoms with Gasteiger partial charge in [-0.15, -0.1) is 0 Å². The molecule has 3 amide bonds. The largest absolute Gasteiger partial charge is 0.463 e. The molecule has 1 aliphatic carbocycles. The Morgan fingerprint density at radius 2 is 1.55 bits per heavy atom. The number of ether oxygens (including phenoxy) is 5. The lowest BCUT2D eigenvalue weighted by Gasteiger charge is -2.37. The molecular weight excluding hydrogens is 576 g/mol. The number of carbonyl (C=O) groups excluding carboxylic acids is 5. The van der Waals surface area contributed by atoms with Gasteiger partial charge in [0.05, 0.1) is 36.3 Å². The molecule has 0 aromatic heterocycles. The van der Waals surface area contributed by atoms with E-state index in [-0.39, 0.29) is 30.6 Å². The fraction of sp³-hybridized carbons (Fsp3) is 0.733. The molecule has 250 valence electrons. The molecule has 14 nitrogen and oxygen atoms in total. The predicted molar refractivity (Wildman–Crippen MR) is 161 cm³/mol. The molecule has 0 aliphatic heterocycles. The topological polar surface area (TPSA) is 180 Å². The summed E-state index contributed by atoms with van der Waals surface area (Å²) < 4.78 is 27.1. The monoisotopic (exact) mass is 626 g/mol. The molecule has 0 fully saturated rings. The molecule has 4 atom stereocenters. The molecule has 0 saturated carbocycles. The van der Waals surface area contributed by atoms with Gasteiger partial charge in [-0.1, -0.05) is 13.8 Å². The van der Waals surface area contributed by atoms with Gasteiger partial charge in [0.25, 0.3) is 0 Å². The minimum absolute atomic E-state index is 0.0254. The Labute approximate surface area is 260 Å². The van der Waals surface area contributed by atoms with Gasteiger partial charge < -0.3 is 29.0 Å². The molecule has 1 rings (SSSR count). The fourth-order valence-electron chi connectivity index (χ4n) is 3.97. The summed E-state index contributed by atoms with van der Waals surface area (Å²) >= 11 is 0. The number of guanidine groups is 1. The molecule has 0 aromatic carbocycles. The number of amides is 3. The number of hydrogen-bond donors (Lipinski definition) is 3. The average molecular weight is 627 g/mol. The Hall–Kier alpha value is -3.68. The third kappa shape index (κ3) is 13.7. The highest BCUT2D eigenvalue weighted by Crippen LogP contribution is 2.27. The first-order valence-electron chi connectivity index (χ1n) is 14.9. The highest BCUT2D eigenvalue weighted by Gasteiger charge is 2.38. The standard InChI is InChI=1S/C30H50N4O10/c1-12-20(13-2)43-22-16-19(24(36)40-14-3)15-21(23(22)31-17(4)35)32-26(34-28(39)44-30(9,10)11)33-27(38)42-18(5)41-25(37)29(6,7)8/h16,18,20-23H,12-15H2,1-11H3,(H,31,35)(H2,32,33,34,38,39)/t18?,21-,22+,23+/m0/s1. The Balaban J connectivity index is 3.52.